The van der Waals surface area contributed by atoms with Crippen molar-refractivity contribution < 1.29 is 4.74 Å². The second-order valence-electron chi connectivity index (χ2n) is 5.94. The lowest BCUT2D eigenvalue weighted by molar-refractivity contribution is -0.0255. The number of halogens is 1. The van der Waals surface area contributed by atoms with E-state index in [-0.39, 0.29) is 6.10 Å². The molecule has 2 rings (SSSR count). The number of nitrogens with one attached hydrogen (secondary N) is 1. The summed E-state index contributed by atoms with van der Waals surface area (Å²) in [5.41, 5.74) is 1.06. The summed E-state index contributed by atoms with van der Waals surface area (Å²) in [7, 11) is 2.11. The lowest BCUT2D eigenvalue weighted by Gasteiger charge is -2.29. The second-order valence-corrected chi connectivity index (χ2v) is 6.73. The molecule has 1 unspecified atom stereocenters. The van der Waals surface area contributed by atoms with Gasteiger partial charge in [-0.1, -0.05) is 13.8 Å². The number of morpholine rings is 1. The first-order valence-electron chi connectivity index (χ1n) is 7.61. The van der Waals surface area contributed by atoms with Gasteiger partial charge in [-0.25, -0.2) is 9.97 Å². The van der Waals surface area contributed by atoms with Gasteiger partial charge in [0.25, 0.3) is 0 Å². The summed E-state index contributed by atoms with van der Waals surface area (Å²) in [6.07, 6.45) is 0.886. The third-order valence-electron chi connectivity index (χ3n) is 3.44. The molecule has 0 amide bonds. The zero-order valence-electron chi connectivity index (χ0n) is 13.3. The smallest absolute Gasteiger partial charge is 0.161 e. The number of rotatable bonds is 5. The minimum atomic E-state index is -0.0415. The topological polar surface area (TPSA) is 50.3 Å². The molecular formula is C15H25BrN4O. The van der Waals surface area contributed by atoms with Gasteiger partial charge in [0.05, 0.1) is 16.8 Å². The molecule has 1 aromatic rings. The number of anilines is 1. The Morgan fingerprint density at radius 1 is 1.43 bits per heavy atom. The van der Waals surface area contributed by atoms with Crippen LogP contribution in [0.3, 0.4) is 0 Å². The average molecular weight is 357 g/mol. The Hall–Kier alpha value is -0.720. The third kappa shape index (κ3) is 4.37. The molecular weight excluding hydrogens is 332 g/mol. The van der Waals surface area contributed by atoms with Gasteiger partial charge in [0, 0.05) is 19.6 Å². The van der Waals surface area contributed by atoms with Crippen molar-refractivity contribution in [1.29, 1.82) is 0 Å². The summed E-state index contributed by atoms with van der Waals surface area (Å²) in [6.45, 7) is 9.85. The van der Waals surface area contributed by atoms with E-state index in [1.165, 1.54) is 0 Å². The number of aromatic nitrogens is 2. The molecule has 0 saturated carbocycles. The molecule has 2 heterocycles. The highest BCUT2D eigenvalue weighted by atomic mass is 79.9. The number of hydrogen-bond donors (Lipinski definition) is 1. The fourth-order valence-electron chi connectivity index (χ4n) is 2.40. The Bertz CT molecular complexity index is 481. The predicted octanol–water partition coefficient (Wildman–Crippen LogP) is 2.87. The van der Waals surface area contributed by atoms with E-state index in [0.717, 1.165) is 54.5 Å². The highest BCUT2D eigenvalue weighted by Gasteiger charge is 2.24. The summed E-state index contributed by atoms with van der Waals surface area (Å²) in [6, 6.07) is 0. The zero-order chi connectivity index (χ0) is 15.4. The summed E-state index contributed by atoms with van der Waals surface area (Å²) in [4.78, 5) is 11.7. The van der Waals surface area contributed by atoms with Gasteiger partial charge >= 0.3 is 0 Å². The first kappa shape index (κ1) is 16.6. The van der Waals surface area contributed by atoms with Crippen LogP contribution in [0.15, 0.2) is 4.47 Å². The van der Waals surface area contributed by atoms with Crippen LogP contribution < -0.4 is 5.32 Å². The maximum atomic E-state index is 5.86. The second kappa shape index (κ2) is 7.51. The first-order chi connectivity index (χ1) is 10.0. The molecule has 1 fully saturated rings. The number of hydrogen-bond acceptors (Lipinski definition) is 5. The molecule has 5 nitrogen and oxygen atoms in total. The summed E-state index contributed by atoms with van der Waals surface area (Å²) < 4.78 is 6.84. The maximum absolute atomic E-state index is 5.86. The number of likely N-dealkylation sites (N-methyl/N-ethyl adjacent to an activating group) is 1. The Kier molecular flexibility index (Phi) is 5.96. The minimum Gasteiger partial charge on any atom is -0.369 e. The lowest BCUT2D eigenvalue weighted by Crippen LogP contribution is -2.36. The van der Waals surface area contributed by atoms with E-state index in [0.29, 0.717) is 5.92 Å². The lowest BCUT2D eigenvalue weighted by atomic mass is 10.1. The van der Waals surface area contributed by atoms with Crippen LogP contribution in [0.5, 0.6) is 0 Å². The van der Waals surface area contributed by atoms with Crippen LogP contribution >= 0.6 is 15.9 Å². The molecule has 1 N–H and O–H groups in total. The van der Waals surface area contributed by atoms with Gasteiger partial charge in [-0.15, -0.1) is 0 Å². The molecule has 0 radical (unpaired) electrons. The normalized spacial score (nSPS) is 20.0. The molecule has 1 saturated heterocycles. The van der Waals surface area contributed by atoms with Gasteiger partial charge in [-0.2, -0.15) is 0 Å². The Labute approximate surface area is 135 Å². The predicted molar refractivity (Wildman–Crippen MR) is 88.6 cm³/mol. The molecule has 0 bridgehead atoms. The van der Waals surface area contributed by atoms with Gasteiger partial charge in [0.1, 0.15) is 11.9 Å². The third-order valence-corrected chi connectivity index (χ3v) is 4.27. The monoisotopic (exact) mass is 356 g/mol. The molecule has 1 atom stereocenters. The summed E-state index contributed by atoms with van der Waals surface area (Å²) >= 11 is 3.64. The van der Waals surface area contributed by atoms with Crippen LogP contribution in [-0.2, 0) is 11.2 Å². The summed E-state index contributed by atoms with van der Waals surface area (Å²) in [5, 5.41) is 3.31. The van der Waals surface area contributed by atoms with Crippen LogP contribution in [0, 0.1) is 5.92 Å². The van der Waals surface area contributed by atoms with Crippen molar-refractivity contribution in [3.05, 3.63) is 16.0 Å². The largest absolute Gasteiger partial charge is 0.369 e. The van der Waals surface area contributed by atoms with E-state index in [9.17, 15) is 0 Å². The van der Waals surface area contributed by atoms with Crippen LogP contribution in [0.4, 0.5) is 5.82 Å². The van der Waals surface area contributed by atoms with Crippen molar-refractivity contribution in [3.8, 4) is 0 Å². The number of nitrogens with zero attached hydrogens (tertiary/aromatic N) is 3. The highest BCUT2D eigenvalue weighted by molar-refractivity contribution is 9.10. The van der Waals surface area contributed by atoms with Gasteiger partial charge in [0.2, 0.25) is 0 Å². The molecule has 118 valence electrons. The quantitative estimate of drug-likeness (QED) is 0.878. The van der Waals surface area contributed by atoms with Crippen molar-refractivity contribution in [3.63, 3.8) is 0 Å². The van der Waals surface area contributed by atoms with Crippen LogP contribution in [0.2, 0.25) is 0 Å². The first-order valence-corrected chi connectivity index (χ1v) is 8.40. The molecule has 0 spiro atoms. The fraction of sp³-hybridized carbons (Fsp3) is 0.733. The van der Waals surface area contributed by atoms with Crippen molar-refractivity contribution in [1.82, 2.24) is 14.9 Å². The van der Waals surface area contributed by atoms with Crippen molar-refractivity contribution in [2.24, 2.45) is 5.92 Å². The Balaban J connectivity index is 2.33. The van der Waals surface area contributed by atoms with E-state index in [1.54, 1.807) is 0 Å². The molecule has 21 heavy (non-hydrogen) atoms. The molecule has 1 aromatic heterocycles. The number of ether oxygens (including phenoxy) is 1. The standard InChI is InChI=1S/C15H25BrN4O/c1-5-17-15-13(16)11(8-10(2)3)18-14(19-15)12-9-20(4)6-7-21-12/h10,12H,5-9H2,1-4H3,(H,17,18,19). The van der Waals surface area contributed by atoms with Gasteiger partial charge < -0.3 is 15.0 Å². The van der Waals surface area contributed by atoms with E-state index in [2.05, 4.69) is 58.9 Å². The molecule has 0 aliphatic carbocycles. The molecule has 1 aliphatic heterocycles. The summed E-state index contributed by atoms with van der Waals surface area (Å²) in [5.74, 6) is 2.21. The van der Waals surface area contributed by atoms with E-state index >= 15 is 0 Å². The van der Waals surface area contributed by atoms with Crippen LogP contribution in [0.25, 0.3) is 0 Å². The Morgan fingerprint density at radius 2 is 2.19 bits per heavy atom. The highest BCUT2D eigenvalue weighted by Crippen LogP contribution is 2.29. The average Bonchev–Trinajstić information content (AvgIpc) is 2.42. The minimum absolute atomic E-state index is 0.0415. The van der Waals surface area contributed by atoms with E-state index in [4.69, 9.17) is 9.72 Å². The van der Waals surface area contributed by atoms with Gasteiger partial charge in [-0.3, -0.25) is 0 Å². The van der Waals surface area contributed by atoms with E-state index in [1.807, 2.05) is 0 Å². The Morgan fingerprint density at radius 3 is 2.81 bits per heavy atom. The fourth-order valence-corrected chi connectivity index (χ4v) is 2.88. The van der Waals surface area contributed by atoms with Crippen molar-refractivity contribution in [2.45, 2.75) is 33.3 Å². The zero-order valence-corrected chi connectivity index (χ0v) is 14.9. The SMILES string of the molecule is CCNc1nc(C2CN(C)CCO2)nc(CC(C)C)c1Br. The van der Waals surface area contributed by atoms with E-state index < -0.39 is 0 Å². The van der Waals surface area contributed by atoms with Gasteiger partial charge in [0.15, 0.2) is 5.82 Å². The molecule has 6 heteroatoms. The van der Waals surface area contributed by atoms with Crippen LogP contribution in [-0.4, -0.2) is 48.2 Å². The maximum Gasteiger partial charge on any atom is 0.161 e. The molecule has 0 aromatic carbocycles. The van der Waals surface area contributed by atoms with Gasteiger partial charge in [-0.05, 0) is 42.2 Å². The van der Waals surface area contributed by atoms with Crippen molar-refractivity contribution in [2.75, 3.05) is 38.6 Å². The van der Waals surface area contributed by atoms with Crippen molar-refractivity contribution >= 4 is 21.7 Å². The molecule has 1 aliphatic rings. The van der Waals surface area contributed by atoms with Crippen LogP contribution in [0.1, 0.15) is 38.4 Å².